The van der Waals surface area contributed by atoms with Crippen LogP contribution in [-0.4, -0.2) is 4.73 Å². The molecule has 0 aromatic heterocycles. The predicted octanol–water partition coefficient (Wildman–Crippen LogP) is 20.0. The van der Waals surface area contributed by atoms with Crippen molar-refractivity contribution < 1.29 is 17.0 Å². The van der Waals surface area contributed by atoms with Crippen LogP contribution in [0.3, 0.4) is 0 Å². The van der Waals surface area contributed by atoms with Gasteiger partial charge in [-0.3, -0.25) is 0 Å². The monoisotopic (exact) mass is 930 g/mol. The van der Waals surface area contributed by atoms with Gasteiger partial charge in [0, 0.05) is 0 Å². The van der Waals surface area contributed by atoms with E-state index in [0.717, 1.165) is 101 Å². The second kappa shape index (κ2) is 32.8. The minimum absolute atomic E-state index is 0.770. The Bertz CT molecular complexity index is 1380. The van der Waals surface area contributed by atoms with Crippen molar-refractivity contribution in [3.8, 4) is 0 Å². The number of fused-ring (bicyclic) bond motifs is 4. The van der Waals surface area contributed by atoms with Crippen molar-refractivity contribution in [2.45, 2.75) is 231 Å². The van der Waals surface area contributed by atoms with Crippen LogP contribution in [0.1, 0.15) is 231 Å². The Morgan fingerprint density at radius 3 is 1.58 bits per heavy atom. The summed E-state index contributed by atoms with van der Waals surface area (Å²) in [6, 6.07) is 0. The molecule has 0 aliphatic heterocycles. The first kappa shape index (κ1) is 58.3. The van der Waals surface area contributed by atoms with E-state index >= 15 is 0 Å². The van der Waals surface area contributed by atoms with Gasteiger partial charge in [0.2, 0.25) is 0 Å². The molecular weight excluding hydrogens is 820 g/mol. The SMILES string of the molecule is CC(C)C1C=C2C=CCC2=CC1.CC(C)C1C=CCCC1.CC(C)C1CC2CCCCC2C1.CC(C)C1CCC2CCCCC21.CC(C)C1CCCC2CCCC21.C[CH-]C.[CH2-]C=C[CH]=[V+2]. The fourth-order valence-electron chi connectivity index (χ4n) is 14.0. The second-order valence-corrected chi connectivity index (χ2v) is 24.7. The van der Waals surface area contributed by atoms with E-state index in [1.54, 1.807) is 75.9 Å². The molecule has 9 rings (SSSR count). The average molecular weight is 931 g/mol. The third-order valence-corrected chi connectivity index (χ3v) is 18.2. The molecule has 65 heavy (non-hydrogen) atoms. The summed E-state index contributed by atoms with van der Waals surface area (Å²) in [5.41, 5.74) is 3.03. The molecule has 0 aromatic rings. The molecule has 0 bridgehead atoms. The Labute approximate surface area is 418 Å². The Kier molecular flexibility index (Phi) is 29.4. The molecule has 10 unspecified atom stereocenters. The van der Waals surface area contributed by atoms with E-state index in [9.17, 15) is 0 Å². The van der Waals surface area contributed by atoms with Crippen LogP contribution < -0.4 is 0 Å². The van der Waals surface area contributed by atoms with Gasteiger partial charge in [0.1, 0.15) is 0 Å². The van der Waals surface area contributed by atoms with Gasteiger partial charge in [-0.15, -0.1) is 0 Å². The molecular formula is C64H110V. The van der Waals surface area contributed by atoms with Crippen molar-refractivity contribution in [2.24, 2.45) is 94.7 Å². The van der Waals surface area contributed by atoms with Gasteiger partial charge in [-0.1, -0.05) is 176 Å². The maximum absolute atomic E-state index is 3.45. The van der Waals surface area contributed by atoms with E-state index < -0.39 is 0 Å². The molecule has 6 fully saturated rings. The molecule has 371 valence electrons. The molecule has 9 aliphatic rings. The summed E-state index contributed by atoms with van der Waals surface area (Å²) in [5.74, 6) is 16.1. The molecule has 10 atom stereocenters. The van der Waals surface area contributed by atoms with Crippen LogP contribution in [0.5, 0.6) is 0 Å². The number of rotatable bonds is 6. The summed E-state index contributed by atoms with van der Waals surface area (Å²) in [7, 11) is 0. The van der Waals surface area contributed by atoms with Gasteiger partial charge in [0.25, 0.3) is 0 Å². The van der Waals surface area contributed by atoms with E-state index in [0.29, 0.717) is 0 Å². The summed E-state index contributed by atoms with van der Waals surface area (Å²) in [4.78, 5) is 0. The molecule has 0 nitrogen and oxygen atoms in total. The van der Waals surface area contributed by atoms with Crippen LogP contribution in [0.15, 0.2) is 59.8 Å². The first-order valence-corrected chi connectivity index (χ1v) is 29.5. The molecule has 1 heteroatoms. The summed E-state index contributed by atoms with van der Waals surface area (Å²) < 4.78 is 1.88. The summed E-state index contributed by atoms with van der Waals surface area (Å²) in [5, 5.41) is 0. The second-order valence-electron chi connectivity index (χ2n) is 24.2. The standard InChI is InChI=1S/C12H22.C12H16.2C12H22.C9H16.C4H5.C3H7.V/c1-9(2)11-7-3-5-10-6-4-8-12(10)11;1-9(2)11-7-6-10-4-3-5-12(10)8-11;1-9(2)12-7-10-5-3-4-6-11(10)8-12;1-9(2)11-8-7-10-5-3-4-6-12(10)11;1-8(2)9-6-4-3-5-7-9;1-3-4-2;1-3-2;/h9-12H,3-8H2,1-2H3;3,5-6,8-9,11H,4,7H2,1-2H3;2*9-12H,3-8H2,1-2H3;4,6,8-9H,3,5,7H2,1-2H3;1,3-4H,2H2;3H,1-2H3;/q;;;;;2*-1;+2. The molecule has 9 aliphatic carbocycles. The Morgan fingerprint density at radius 2 is 1.09 bits per heavy atom. The number of allylic oxidation sites excluding steroid dienone is 10. The van der Waals surface area contributed by atoms with Crippen LogP contribution in [0, 0.1) is 108 Å². The fourth-order valence-corrected chi connectivity index (χ4v) is 14.2. The van der Waals surface area contributed by atoms with Gasteiger partial charge >= 0.3 is 40.8 Å². The van der Waals surface area contributed by atoms with Crippen molar-refractivity contribution >= 4 is 4.73 Å². The van der Waals surface area contributed by atoms with E-state index in [4.69, 9.17) is 0 Å². The van der Waals surface area contributed by atoms with E-state index in [1.807, 2.05) is 31.1 Å². The molecule has 0 heterocycles. The fraction of sp³-hybridized carbons (Fsp3) is 0.797. The Hall–Kier alpha value is -0.976. The topological polar surface area (TPSA) is 0 Å². The summed E-state index contributed by atoms with van der Waals surface area (Å²) >= 11 is 2.33. The first-order chi connectivity index (χ1) is 31.3. The molecule has 0 N–H and O–H groups in total. The first-order valence-electron chi connectivity index (χ1n) is 28.7. The predicted molar refractivity (Wildman–Crippen MR) is 289 cm³/mol. The molecule has 6 saturated carbocycles. The van der Waals surface area contributed by atoms with Gasteiger partial charge in [0.15, 0.2) is 0 Å². The van der Waals surface area contributed by atoms with E-state index in [2.05, 4.69) is 130 Å². The van der Waals surface area contributed by atoms with Crippen molar-refractivity contribution in [1.82, 2.24) is 0 Å². The van der Waals surface area contributed by atoms with Crippen LogP contribution in [0.25, 0.3) is 0 Å². The third-order valence-electron chi connectivity index (χ3n) is 18.0. The van der Waals surface area contributed by atoms with Gasteiger partial charge in [0.05, 0.1) is 0 Å². The van der Waals surface area contributed by atoms with Crippen LogP contribution >= 0.6 is 0 Å². The Balaban J connectivity index is 0.000000208. The van der Waals surface area contributed by atoms with Crippen LogP contribution in [-0.2, 0) is 17.0 Å². The zero-order valence-electron chi connectivity index (χ0n) is 45.4. The van der Waals surface area contributed by atoms with E-state index in [1.165, 1.54) is 82.6 Å². The van der Waals surface area contributed by atoms with E-state index in [-0.39, 0.29) is 0 Å². The molecule has 0 aromatic carbocycles. The van der Waals surface area contributed by atoms with Gasteiger partial charge in [-0.05, 0) is 183 Å². The average Bonchev–Trinajstić information content (AvgIpc) is 4.14. The van der Waals surface area contributed by atoms with Crippen molar-refractivity contribution in [3.05, 3.63) is 73.1 Å². The van der Waals surface area contributed by atoms with Crippen molar-refractivity contribution in [3.63, 3.8) is 0 Å². The van der Waals surface area contributed by atoms with Gasteiger partial charge < -0.3 is 6.42 Å². The number of hydrogen-bond acceptors (Lipinski definition) is 0. The molecule has 0 saturated heterocycles. The number of hydrogen-bond donors (Lipinski definition) is 0. The summed E-state index contributed by atoms with van der Waals surface area (Å²) in [6.07, 6.45) is 53.9. The maximum atomic E-state index is 3.45. The molecule has 0 amide bonds. The third kappa shape index (κ3) is 20.5. The molecule has 0 radical (unpaired) electrons. The van der Waals surface area contributed by atoms with Crippen LogP contribution in [0.4, 0.5) is 0 Å². The van der Waals surface area contributed by atoms with Crippen LogP contribution in [0.2, 0.25) is 0 Å². The zero-order chi connectivity index (χ0) is 47.7. The van der Waals surface area contributed by atoms with Crippen molar-refractivity contribution in [2.75, 3.05) is 0 Å². The van der Waals surface area contributed by atoms with Gasteiger partial charge in [-0.25, -0.2) is 0 Å². The van der Waals surface area contributed by atoms with Gasteiger partial charge in [-0.2, -0.15) is 13.8 Å². The van der Waals surface area contributed by atoms with Crippen molar-refractivity contribution in [1.29, 1.82) is 0 Å². The summed E-state index contributed by atoms with van der Waals surface area (Å²) in [6.45, 7) is 31.2. The normalized spacial score (nSPS) is 32.9. The zero-order valence-corrected chi connectivity index (χ0v) is 46.8. The minimum atomic E-state index is 0.770. The molecule has 0 spiro atoms. The quantitative estimate of drug-likeness (QED) is 0.184. The Morgan fingerprint density at radius 1 is 0.569 bits per heavy atom.